The summed E-state index contributed by atoms with van der Waals surface area (Å²) in [5.41, 5.74) is -1.44. The van der Waals surface area contributed by atoms with Crippen molar-refractivity contribution < 1.29 is 30.0 Å². The highest BCUT2D eigenvalue weighted by Gasteiger charge is 2.67. The first-order valence-corrected chi connectivity index (χ1v) is 3.93. The lowest BCUT2D eigenvalue weighted by molar-refractivity contribution is -0.203. The Labute approximate surface area is 73.4 Å². The Morgan fingerprint density at radius 1 is 1.46 bits per heavy atom. The van der Waals surface area contributed by atoms with Gasteiger partial charge in [-0.25, -0.2) is 4.79 Å². The van der Waals surface area contributed by atoms with Crippen LogP contribution in [0.25, 0.3) is 0 Å². The van der Waals surface area contributed by atoms with Crippen molar-refractivity contribution in [3.8, 4) is 0 Å². The molecule has 2 rings (SSSR count). The molecule has 0 amide bonds. The number of carbonyl (C=O) groups is 1. The molecular formula is C7H10O6. The Morgan fingerprint density at radius 2 is 2.08 bits per heavy atom. The van der Waals surface area contributed by atoms with Crippen molar-refractivity contribution in [3.05, 3.63) is 0 Å². The second kappa shape index (κ2) is 2.42. The number of carboxylic acids is 1. The van der Waals surface area contributed by atoms with Gasteiger partial charge in [0.15, 0.2) is 6.10 Å². The summed E-state index contributed by atoms with van der Waals surface area (Å²) in [6, 6.07) is 0. The monoisotopic (exact) mass is 190 g/mol. The van der Waals surface area contributed by atoms with Gasteiger partial charge >= 0.3 is 5.97 Å². The van der Waals surface area contributed by atoms with Crippen LogP contribution in [0, 0.1) is 0 Å². The molecule has 6 nitrogen and oxygen atoms in total. The normalized spacial score (nSPS) is 54.1. The van der Waals surface area contributed by atoms with Gasteiger partial charge < -0.3 is 25.2 Å². The first kappa shape index (κ1) is 8.89. The van der Waals surface area contributed by atoms with E-state index in [0.717, 1.165) is 0 Å². The van der Waals surface area contributed by atoms with Crippen LogP contribution in [0.5, 0.6) is 0 Å². The van der Waals surface area contributed by atoms with E-state index in [1.165, 1.54) is 0 Å². The van der Waals surface area contributed by atoms with Gasteiger partial charge in [0.2, 0.25) is 0 Å². The van der Waals surface area contributed by atoms with E-state index in [1.807, 2.05) is 0 Å². The molecule has 2 fully saturated rings. The molecule has 0 aromatic rings. The molecule has 1 saturated carbocycles. The van der Waals surface area contributed by atoms with E-state index in [0.29, 0.717) is 0 Å². The summed E-state index contributed by atoms with van der Waals surface area (Å²) in [6.45, 7) is 0. The molecule has 1 aliphatic heterocycles. The lowest BCUT2D eigenvalue weighted by Crippen LogP contribution is -2.55. The Balaban J connectivity index is 2.17. The molecule has 0 spiro atoms. The summed E-state index contributed by atoms with van der Waals surface area (Å²) in [7, 11) is 0. The second-order valence-electron chi connectivity index (χ2n) is 3.51. The van der Waals surface area contributed by atoms with Crippen LogP contribution in [-0.2, 0) is 9.53 Å². The van der Waals surface area contributed by atoms with E-state index in [1.54, 1.807) is 0 Å². The number of hydrogen-bond donors (Lipinski definition) is 4. The molecule has 3 unspecified atom stereocenters. The quantitative estimate of drug-likeness (QED) is 0.370. The van der Waals surface area contributed by atoms with Crippen molar-refractivity contribution in [1.82, 2.24) is 0 Å². The Morgan fingerprint density at radius 3 is 2.62 bits per heavy atom. The third-order valence-electron chi connectivity index (χ3n) is 2.61. The van der Waals surface area contributed by atoms with Crippen LogP contribution in [0.3, 0.4) is 0 Å². The van der Waals surface area contributed by atoms with Gasteiger partial charge in [-0.3, -0.25) is 0 Å². The number of aliphatic carboxylic acids is 1. The molecule has 0 bridgehead atoms. The van der Waals surface area contributed by atoms with Gasteiger partial charge in [0, 0.05) is 6.42 Å². The largest absolute Gasteiger partial charge is 0.479 e. The Hall–Kier alpha value is -0.690. The van der Waals surface area contributed by atoms with Crippen LogP contribution in [0.4, 0.5) is 0 Å². The lowest BCUT2D eigenvalue weighted by atomic mass is 9.99. The predicted molar refractivity (Wildman–Crippen MR) is 37.9 cm³/mol. The molecule has 74 valence electrons. The maximum atomic E-state index is 10.5. The maximum absolute atomic E-state index is 10.5. The Bertz CT molecular complexity index is 253. The number of fused-ring (bicyclic) bond motifs is 1. The van der Waals surface area contributed by atoms with E-state index in [-0.39, 0.29) is 6.42 Å². The fourth-order valence-corrected chi connectivity index (χ4v) is 1.64. The van der Waals surface area contributed by atoms with Crippen molar-refractivity contribution in [1.29, 1.82) is 0 Å². The molecule has 5 atom stereocenters. The zero-order valence-corrected chi connectivity index (χ0v) is 6.62. The van der Waals surface area contributed by atoms with Crippen molar-refractivity contribution in [2.45, 2.75) is 36.4 Å². The molecule has 0 radical (unpaired) electrons. The minimum absolute atomic E-state index is 0.176. The third-order valence-corrected chi connectivity index (χ3v) is 2.61. The first-order chi connectivity index (χ1) is 5.97. The molecule has 2 aliphatic rings. The zero-order valence-electron chi connectivity index (χ0n) is 6.62. The maximum Gasteiger partial charge on any atom is 0.335 e. The highest BCUT2D eigenvalue weighted by molar-refractivity contribution is 5.73. The SMILES string of the molecule is O=C(O)C1O[C@H]2CC2(O)C(O)[C@@H]1O. The molecule has 1 heterocycles. The van der Waals surface area contributed by atoms with Crippen LogP contribution in [-0.4, -0.2) is 56.4 Å². The molecular weight excluding hydrogens is 180 g/mol. The van der Waals surface area contributed by atoms with Gasteiger partial charge in [-0.2, -0.15) is 0 Å². The summed E-state index contributed by atoms with van der Waals surface area (Å²) in [5, 5.41) is 36.6. The minimum atomic E-state index is -1.57. The van der Waals surface area contributed by atoms with Gasteiger partial charge in [0.05, 0.1) is 6.10 Å². The van der Waals surface area contributed by atoms with Crippen molar-refractivity contribution >= 4 is 5.97 Å². The summed E-state index contributed by atoms with van der Waals surface area (Å²) < 4.78 is 4.85. The highest BCUT2D eigenvalue weighted by Crippen LogP contribution is 2.47. The topological polar surface area (TPSA) is 107 Å². The van der Waals surface area contributed by atoms with Crippen LogP contribution in [0.1, 0.15) is 6.42 Å². The average molecular weight is 190 g/mol. The van der Waals surface area contributed by atoms with E-state index < -0.39 is 36.0 Å². The van der Waals surface area contributed by atoms with E-state index in [2.05, 4.69) is 0 Å². The van der Waals surface area contributed by atoms with Crippen molar-refractivity contribution in [3.63, 3.8) is 0 Å². The smallest absolute Gasteiger partial charge is 0.335 e. The van der Waals surface area contributed by atoms with Gasteiger partial charge in [-0.05, 0) is 0 Å². The fourth-order valence-electron chi connectivity index (χ4n) is 1.64. The minimum Gasteiger partial charge on any atom is -0.479 e. The summed E-state index contributed by atoms with van der Waals surface area (Å²) in [4.78, 5) is 10.5. The number of hydrogen-bond acceptors (Lipinski definition) is 5. The van der Waals surface area contributed by atoms with Gasteiger partial charge in [-0.1, -0.05) is 0 Å². The summed E-state index contributed by atoms with van der Waals surface area (Å²) in [6.07, 6.45) is -4.93. The molecule has 0 aromatic carbocycles. The predicted octanol–water partition coefficient (Wildman–Crippen LogP) is -2.31. The first-order valence-electron chi connectivity index (χ1n) is 3.93. The van der Waals surface area contributed by atoms with Gasteiger partial charge in [0.25, 0.3) is 0 Å². The van der Waals surface area contributed by atoms with Crippen LogP contribution in [0.2, 0.25) is 0 Å². The van der Waals surface area contributed by atoms with Gasteiger partial charge in [0.1, 0.15) is 17.8 Å². The molecule has 1 aliphatic carbocycles. The number of ether oxygens (including phenoxy) is 1. The van der Waals surface area contributed by atoms with E-state index >= 15 is 0 Å². The molecule has 1 saturated heterocycles. The summed E-state index contributed by atoms with van der Waals surface area (Å²) >= 11 is 0. The van der Waals surface area contributed by atoms with Crippen LogP contribution >= 0.6 is 0 Å². The number of rotatable bonds is 1. The fraction of sp³-hybridized carbons (Fsp3) is 0.857. The standard InChI is InChI=1S/C7H10O6/c8-3-4(6(10)11)13-2-1-7(2,12)5(3)9/h2-5,8-9,12H,1H2,(H,10,11)/t2-,3+,4?,5?,7?/m0/s1. The summed E-state index contributed by atoms with van der Waals surface area (Å²) in [5.74, 6) is -1.33. The number of aliphatic hydroxyl groups excluding tert-OH is 2. The number of carboxylic acid groups (broad SMARTS) is 1. The number of aliphatic hydroxyl groups is 3. The van der Waals surface area contributed by atoms with Crippen molar-refractivity contribution in [2.24, 2.45) is 0 Å². The molecule has 0 aromatic heterocycles. The highest BCUT2D eigenvalue weighted by atomic mass is 16.6. The average Bonchev–Trinajstić information content (AvgIpc) is 2.70. The molecule has 4 N–H and O–H groups in total. The van der Waals surface area contributed by atoms with E-state index in [4.69, 9.17) is 9.84 Å². The third kappa shape index (κ3) is 1.07. The Kier molecular flexibility index (Phi) is 1.65. The van der Waals surface area contributed by atoms with E-state index in [9.17, 15) is 20.1 Å². The van der Waals surface area contributed by atoms with Crippen LogP contribution < -0.4 is 0 Å². The van der Waals surface area contributed by atoms with Crippen LogP contribution in [0.15, 0.2) is 0 Å². The molecule has 6 heteroatoms. The van der Waals surface area contributed by atoms with Gasteiger partial charge in [-0.15, -0.1) is 0 Å². The lowest BCUT2D eigenvalue weighted by Gasteiger charge is -2.32. The zero-order chi connectivity index (χ0) is 9.80. The second-order valence-corrected chi connectivity index (χ2v) is 3.51. The molecule has 13 heavy (non-hydrogen) atoms. The van der Waals surface area contributed by atoms with Crippen molar-refractivity contribution in [2.75, 3.05) is 0 Å².